The zero-order valence-corrected chi connectivity index (χ0v) is 13.8. The molecule has 8 nitrogen and oxygen atoms in total. The Labute approximate surface area is 148 Å². The minimum absolute atomic E-state index is 0.129. The fourth-order valence-electron chi connectivity index (χ4n) is 2.46. The summed E-state index contributed by atoms with van der Waals surface area (Å²) in [7, 11) is 0. The van der Waals surface area contributed by atoms with Gasteiger partial charge in [0, 0.05) is 12.1 Å². The number of nitrogens with one attached hydrogen (secondary N) is 2. The largest absolute Gasteiger partial charge is 0.475 e. The number of carbonyl (C=O) groups is 2. The van der Waals surface area contributed by atoms with Gasteiger partial charge < -0.3 is 14.6 Å². The molecule has 0 aliphatic rings. The van der Waals surface area contributed by atoms with Crippen molar-refractivity contribution in [2.45, 2.75) is 6.42 Å². The highest BCUT2D eigenvalue weighted by Gasteiger charge is 2.13. The molecule has 0 bridgehead atoms. The number of rotatable bonds is 7. The van der Waals surface area contributed by atoms with Gasteiger partial charge in [-0.1, -0.05) is 36.4 Å². The Morgan fingerprint density at radius 3 is 2.77 bits per heavy atom. The van der Waals surface area contributed by atoms with E-state index in [4.69, 9.17) is 14.5 Å². The fourth-order valence-corrected chi connectivity index (χ4v) is 2.46. The van der Waals surface area contributed by atoms with E-state index in [-0.39, 0.29) is 24.2 Å². The molecule has 0 saturated carbocycles. The van der Waals surface area contributed by atoms with Gasteiger partial charge in [0.2, 0.25) is 5.76 Å². The first-order chi connectivity index (χ1) is 12.7. The second kappa shape index (κ2) is 8.13. The SMILES string of the molecule is O=C(NO)c1cc(OCCCNC(=O)c2cccc3ccccc23)no1. The summed E-state index contributed by atoms with van der Waals surface area (Å²) in [4.78, 5) is 23.5. The van der Waals surface area contributed by atoms with Crippen LogP contribution in [-0.2, 0) is 0 Å². The predicted molar refractivity (Wildman–Crippen MR) is 92.1 cm³/mol. The predicted octanol–water partition coefficient (Wildman–Crippen LogP) is 2.15. The maximum atomic E-state index is 12.4. The zero-order chi connectivity index (χ0) is 18.4. The van der Waals surface area contributed by atoms with E-state index in [1.165, 1.54) is 11.5 Å². The van der Waals surface area contributed by atoms with Crippen LogP contribution >= 0.6 is 0 Å². The van der Waals surface area contributed by atoms with Crippen molar-refractivity contribution in [2.75, 3.05) is 13.2 Å². The maximum Gasteiger partial charge on any atom is 0.313 e. The maximum absolute atomic E-state index is 12.4. The lowest BCUT2D eigenvalue weighted by Gasteiger charge is -2.08. The van der Waals surface area contributed by atoms with Gasteiger partial charge in [-0.15, -0.1) is 0 Å². The number of ether oxygens (including phenoxy) is 1. The van der Waals surface area contributed by atoms with Crippen LogP contribution in [0.2, 0.25) is 0 Å². The molecule has 134 valence electrons. The summed E-state index contributed by atoms with van der Waals surface area (Å²) in [6, 6.07) is 14.6. The standard InChI is InChI=1S/C18H17N3O5/c22-17(14-8-3-6-12-5-1-2-7-13(12)14)19-9-4-10-25-16-11-15(26-21-16)18(23)20-24/h1-3,5-8,11,24H,4,9-10H2,(H,19,22)(H,20,23). The Hall–Kier alpha value is -3.39. The normalized spacial score (nSPS) is 10.5. The van der Waals surface area contributed by atoms with Crippen LogP contribution in [0.15, 0.2) is 53.1 Å². The fraction of sp³-hybridized carbons (Fsp3) is 0.167. The van der Waals surface area contributed by atoms with Gasteiger partial charge in [-0.2, -0.15) is 0 Å². The van der Waals surface area contributed by atoms with Crippen LogP contribution in [-0.4, -0.2) is 35.3 Å². The van der Waals surface area contributed by atoms with Crippen molar-refractivity contribution < 1.29 is 24.1 Å². The summed E-state index contributed by atoms with van der Waals surface area (Å²) in [5.41, 5.74) is 2.06. The molecule has 3 rings (SSSR count). The van der Waals surface area contributed by atoms with Gasteiger partial charge in [0.05, 0.1) is 12.7 Å². The van der Waals surface area contributed by atoms with E-state index >= 15 is 0 Å². The lowest BCUT2D eigenvalue weighted by Crippen LogP contribution is -2.25. The first-order valence-electron chi connectivity index (χ1n) is 7.99. The van der Waals surface area contributed by atoms with E-state index in [9.17, 15) is 9.59 Å². The molecule has 2 aromatic carbocycles. The molecule has 0 radical (unpaired) electrons. The monoisotopic (exact) mass is 355 g/mol. The van der Waals surface area contributed by atoms with E-state index in [2.05, 4.69) is 10.5 Å². The highest BCUT2D eigenvalue weighted by molar-refractivity contribution is 6.06. The van der Waals surface area contributed by atoms with Crippen molar-refractivity contribution in [1.29, 1.82) is 0 Å². The second-order valence-electron chi connectivity index (χ2n) is 5.45. The Balaban J connectivity index is 1.47. The highest BCUT2D eigenvalue weighted by Crippen LogP contribution is 2.18. The van der Waals surface area contributed by atoms with E-state index < -0.39 is 5.91 Å². The van der Waals surface area contributed by atoms with Crippen molar-refractivity contribution in [3.63, 3.8) is 0 Å². The van der Waals surface area contributed by atoms with Gasteiger partial charge in [-0.05, 0) is 28.4 Å². The molecular formula is C18H17N3O5. The summed E-state index contributed by atoms with van der Waals surface area (Å²) in [5, 5.41) is 16.8. The highest BCUT2D eigenvalue weighted by atomic mass is 16.5. The number of aromatic nitrogens is 1. The van der Waals surface area contributed by atoms with Gasteiger partial charge in [0.25, 0.3) is 11.8 Å². The third kappa shape index (κ3) is 3.98. The second-order valence-corrected chi connectivity index (χ2v) is 5.45. The summed E-state index contributed by atoms with van der Waals surface area (Å²) in [6.07, 6.45) is 0.547. The van der Waals surface area contributed by atoms with E-state index in [0.29, 0.717) is 18.5 Å². The number of amides is 2. The topological polar surface area (TPSA) is 114 Å². The number of benzene rings is 2. The van der Waals surface area contributed by atoms with E-state index in [0.717, 1.165) is 10.8 Å². The van der Waals surface area contributed by atoms with Crippen LogP contribution in [0, 0.1) is 0 Å². The molecule has 0 saturated heterocycles. The minimum Gasteiger partial charge on any atom is -0.475 e. The van der Waals surface area contributed by atoms with E-state index in [1.54, 1.807) is 6.07 Å². The molecule has 0 aliphatic heterocycles. The van der Waals surface area contributed by atoms with Crippen LogP contribution in [0.3, 0.4) is 0 Å². The molecule has 0 atom stereocenters. The first-order valence-corrected chi connectivity index (χ1v) is 7.99. The van der Waals surface area contributed by atoms with Crippen LogP contribution in [0.4, 0.5) is 0 Å². The van der Waals surface area contributed by atoms with Crippen molar-refractivity contribution in [3.8, 4) is 5.88 Å². The minimum atomic E-state index is -0.810. The molecule has 0 aliphatic carbocycles. The van der Waals surface area contributed by atoms with Crippen LogP contribution < -0.4 is 15.5 Å². The Morgan fingerprint density at radius 1 is 1.12 bits per heavy atom. The molecule has 1 aromatic heterocycles. The van der Waals surface area contributed by atoms with Gasteiger partial charge >= 0.3 is 5.91 Å². The van der Waals surface area contributed by atoms with Crippen molar-refractivity contribution in [3.05, 3.63) is 59.9 Å². The molecule has 8 heteroatoms. The van der Waals surface area contributed by atoms with Gasteiger partial charge in [0.15, 0.2) is 0 Å². The third-order valence-electron chi connectivity index (χ3n) is 3.70. The summed E-state index contributed by atoms with van der Waals surface area (Å²) < 4.78 is 10.0. The third-order valence-corrected chi connectivity index (χ3v) is 3.70. The lowest BCUT2D eigenvalue weighted by molar-refractivity contribution is 0.0666. The lowest BCUT2D eigenvalue weighted by atomic mass is 10.0. The summed E-state index contributed by atoms with van der Waals surface area (Å²) in [5.74, 6) is -0.990. The quantitative estimate of drug-likeness (QED) is 0.340. The van der Waals surface area contributed by atoms with Crippen molar-refractivity contribution >= 4 is 22.6 Å². The summed E-state index contributed by atoms with van der Waals surface area (Å²) in [6.45, 7) is 0.701. The van der Waals surface area contributed by atoms with Crippen LogP contribution in [0.5, 0.6) is 5.88 Å². The first kappa shape index (κ1) is 17.4. The Kier molecular flexibility index (Phi) is 5.45. The number of nitrogens with zero attached hydrogens (tertiary/aromatic N) is 1. The average Bonchev–Trinajstić information content (AvgIpc) is 3.15. The number of fused-ring (bicyclic) bond motifs is 1. The molecule has 0 spiro atoms. The molecule has 3 aromatic rings. The molecule has 0 unspecified atom stereocenters. The van der Waals surface area contributed by atoms with Gasteiger partial charge in [-0.3, -0.25) is 14.8 Å². The van der Waals surface area contributed by atoms with Crippen LogP contribution in [0.25, 0.3) is 10.8 Å². The number of hydrogen-bond acceptors (Lipinski definition) is 6. The van der Waals surface area contributed by atoms with Crippen LogP contribution in [0.1, 0.15) is 27.3 Å². The molecule has 2 amide bonds. The number of hydroxylamine groups is 1. The van der Waals surface area contributed by atoms with E-state index in [1.807, 2.05) is 36.4 Å². The zero-order valence-electron chi connectivity index (χ0n) is 13.8. The van der Waals surface area contributed by atoms with Crippen molar-refractivity contribution in [1.82, 2.24) is 16.0 Å². The molecule has 1 heterocycles. The molecule has 26 heavy (non-hydrogen) atoms. The number of carbonyl (C=O) groups excluding carboxylic acids is 2. The number of hydrogen-bond donors (Lipinski definition) is 3. The molecule has 0 fully saturated rings. The Morgan fingerprint density at radius 2 is 1.92 bits per heavy atom. The molecule has 3 N–H and O–H groups in total. The van der Waals surface area contributed by atoms with Crippen molar-refractivity contribution in [2.24, 2.45) is 0 Å². The smallest absolute Gasteiger partial charge is 0.313 e. The summed E-state index contributed by atoms with van der Waals surface area (Å²) >= 11 is 0. The van der Waals surface area contributed by atoms with Gasteiger partial charge in [-0.25, -0.2) is 5.48 Å². The van der Waals surface area contributed by atoms with Gasteiger partial charge in [0.1, 0.15) is 0 Å². The molecular weight excluding hydrogens is 338 g/mol. The Bertz CT molecular complexity index is 917. The average molecular weight is 355 g/mol.